The van der Waals surface area contributed by atoms with Gasteiger partial charge in [-0.05, 0) is 35.9 Å². The highest BCUT2D eigenvalue weighted by atomic mass is 35.5. The van der Waals surface area contributed by atoms with Crippen LogP contribution in [0.4, 0.5) is 18.0 Å². The summed E-state index contributed by atoms with van der Waals surface area (Å²) in [6.07, 6.45) is -5.79. The zero-order valence-corrected chi connectivity index (χ0v) is 21.1. The molecule has 0 radical (unpaired) electrons. The number of alkyl halides is 3. The molecule has 0 aliphatic carbocycles. The van der Waals surface area contributed by atoms with Crippen LogP contribution in [0, 0.1) is 0 Å². The van der Waals surface area contributed by atoms with E-state index >= 15 is 0 Å². The molecule has 0 aliphatic heterocycles. The number of amides is 3. The fourth-order valence-electron chi connectivity index (χ4n) is 3.40. The number of halogens is 6. The van der Waals surface area contributed by atoms with Crippen molar-refractivity contribution in [3.05, 3.63) is 73.6 Å². The molecule has 0 aliphatic rings. The average molecular weight is 580 g/mol. The normalized spacial score (nSPS) is 12.3. The molecule has 1 unspecified atom stereocenters. The Hall–Kier alpha value is -3.22. The third kappa shape index (κ3) is 7.63. The molecule has 1 heterocycles. The van der Waals surface area contributed by atoms with E-state index in [-0.39, 0.29) is 22.4 Å². The Labute approximate surface area is 223 Å². The van der Waals surface area contributed by atoms with Crippen molar-refractivity contribution < 1.29 is 22.8 Å². The van der Waals surface area contributed by atoms with Crippen molar-refractivity contribution in [2.24, 2.45) is 5.73 Å². The number of hydrogen-bond donors (Lipinski definition) is 3. The number of carbonyl (C=O) groups is 2. The molecule has 37 heavy (non-hydrogen) atoms. The van der Waals surface area contributed by atoms with Gasteiger partial charge >= 0.3 is 17.9 Å². The number of carbonyl (C=O) groups excluding carboxylic acids is 2. The molecule has 3 aromatic rings. The van der Waals surface area contributed by atoms with Gasteiger partial charge in [0.25, 0.3) is 0 Å². The lowest BCUT2D eigenvalue weighted by molar-refractivity contribution is -0.136. The number of aromatic nitrogens is 3. The van der Waals surface area contributed by atoms with E-state index in [2.05, 4.69) is 15.7 Å². The summed E-state index contributed by atoms with van der Waals surface area (Å²) in [6.45, 7) is -1.49. The number of rotatable bonds is 9. The Balaban J connectivity index is 1.82. The quantitative estimate of drug-likeness (QED) is 0.352. The van der Waals surface area contributed by atoms with Gasteiger partial charge in [-0.25, -0.2) is 14.3 Å². The molecular weight excluding hydrogens is 560 g/mol. The summed E-state index contributed by atoms with van der Waals surface area (Å²) < 4.78 is 40.2. The van der Waals surface area contributed by atoms with Gasteiger partial charge in [0.15, 0.2) is 5.82 Å². The highest BCUT2D eigenvalue weighted by molar-refractivity contribution is 6.42. The monoisotopic (exact) mass is 578 g/mol. The topological polar surface area (TPSA) is 124 Å². The summed E-state index contributed by atoms with van der Waals surface area (Å²) >= 11 is 18.1. The Kier molecular flexibility index (Phi) is 9.11. The molecule has 1 atom stereocenters. The van der Waals surface area contributed by atoms with Crippen molar-refractivity contribution in [3.63, 3.8) is 0 Å². The highest BCUT2D eigenvalue weighted by Gasteiger charge is 2.29. The predicted molar refractivity (Wildman–Crippen MR) is 133 cm³/mol. The Bertz CT molecular complexity index is 1340. The summed E-state index contributed by atoms with van der Waals surface area (Å²) in [5.74, 6) is -0.766. The maximum Gasteiger partial charge on any atom is 0.390 e. The second-order valence-electron chi connectivity index (χ2n) is 7.80. The SMILES string of the molecule is NC(=O)NC(CNC(=O)Cn1nc(-c2ccc(Cl)cc2)n(CCC(F)(F)F)c1=O)c1cccc(Cl)c1Cl. The van der Waals surface area contributed by atoms with Gasteiger partial charge in [-0.15, -0.1) is 5.10 Å². The first kappa shape index (κ1) is 28.4. The van der Waals surface area contributed by atoms with Crippen molar-refractivity contribution >= 4 is 46.7 Å². The van der Waals surface area contributed by atoms with Gasteiger partial charge in [0.1, 0.15) is 6.54 Å². The summed E-state index contributed by atoms with van der Waals surface area (Å²) in [5.41, 5.74) is 5.04. The summed E-state index contributed by atoms with van der Waals surface area (Å²) in [6, 6.07) is 8.93. The van der Waals surface area contributed by atoms with Gasteiger partial charge < -0.3 is 16.4 Å². The first-order chi connectivity index (χ1) is 17.4. The summed E-state index contributed by atoms with van der Waals surface area (Å²) in [7, 11) is 0. The molecule has 0 saturated carbocycles. The Morgan fingerprint density at radius 3 is 2.38 bits per heavy atom. The number of nitrogens with zero attached hydrogens (tertiary/aromatic N) is 3. The predicted octanol–water partition coefficient (Wildman–Crippen LogP) is 4.15. The largest absolute Gasteiger partial charge is 0.390 e. The Morgan fingerprint density at radius 1 is 1.08 bits per heavy atom. The van der Waals surface area contributed by atoms with Crippen molar-refractivity contribution in [1.29, 1.82) is 0 Å². The fourth-order valence-corrected chi connectivity index (χ4v) is 3.97. The maximum atomic E-state index is 12.9. The summed E-state index contributed by atoms with van der Waals surface area (Å²) in [4.78, 5) is 37.0. The van der Waals surface area contributed by atoms with Gasteiger partial charge in [-0.1, -0.05) is 46.9 Å². The number of nitrogens with one attached hydrogen (secondary N) is 2. The van der Waals surface area contributed by atoms with Crippen LogP contribution in [0.3, 0.4) is 0 Å². The van der Waals surface area contributed by atoms with Crippen molar-refractivity contribution in [3.8, 4) is 11.4 Å². The van der Waals surface area contributed by atoms with E-state index < -0.39 is 49.4 Å². The summed E-state index contributed by atoms with van der Waals surface area (Å²) in [5, 5.41) is 9.78. The standard InChI is InChI=1S/C22H20Cl3F3N6O3/c23-13-6-4-12(5-7-13)19-32-34(21(37)33(19)9-8-22(26,27)28)11-17(35)30-10-16(31-20(29)36)14-2-1-3-15(24)18(14)25/h1-7,16H,8-11H2,(H,30,35)(H3,29,31,36). The molecule has 3 rings (SSSR count). The molecular formula is C22H20Cl3F3N6O3. The molecule has 15 heteroatoms. The van der Waals surface area contributed by atoms with E-state index in [1.165, 1.54) is 30.3 Å². The van der Waals surface area contributed by atoms with E-state index in [9.17, 15) is 27.6 Å². The minimum absolute atomic E-state index is 0.0577. The van der Waals surface area contributed by atoms with Crippen LogP contribution in [0.1, 0.15) is 18.0 Å². The van der Waals surface area contributed by atoms with Crippen molar-refractivity contribution in [2.75, 3.05) is 6.54 Å². The first-order valence-electron chi connectivity index (χ1n) is 10.6. The second-order valence-corrected chi connectivity index (χ2v) is 9.02. The van der Waals surface area contributed by atoms with E-state index in [0.717, 1.165) is 9.25 Å². The third-order valence-electron chi connectivity index (χ3n) is 5.11. The molecule has 0 spiro atoms. The number of nitrogens with two attached hydrogens (primary N) is 1. The smallest absolute Gasteiger partial charge is 0.352 e. The van der Waals surface area contributed by atoms with Crippen molar-refractivity contribution in [1.82, 2.24) is 25.0 Å². The molecule has 0 saturated heterocycles. The molecule has 4 N–H and O–H groups in total. The lowest BCUT2D eigenvalue weighted by atomic mass is 10.1. The lowest BCUT2D eigenvalue weighted by Crippen LogP contribution is -2.42. The first-order valence-corrected chi connectivity index (χ1v) is 11.8. The highest BCUT2D eigenvalue weighted by Crippen LogP contribution is 2.30. The minimum Gasteiger partial charge on any atom is -0.352 e. The van der Waals surface area contributed by atoms with Gasteiger partial charge in [-0.3, -0.25) is 9.36 Å². The Morgan fingerprint density at radius 2 is 1.76 bits per heavy atom. The molecule has 9 nitrogen and oxygen atoms in total. The van der Waals surface area contributed by atoms with E-state index in [1.54, 1.807) is 12.1 Å². The number of hydrogen-bond acceptors (Lipinski definition) is 4. The zero-order chi connectivity index (χ0) is 27.3. The molecule has 0 fully saturated rings. The van der Waals surface area contributed by atoms with Crippen LogP contribution in [0.5, 0.6) is 0 Å². The van der Waals surface area contributed by atoms with Crippen LogP contribution >= 0.6 is 34.8 Å². The van der Waals surface area contributed by atoms with Gasteiger partial charge in [-0.2, -0.15) is 13.2 Å². The molecule has 198 valence electrons. The van der Waals surface area contributed by atoms with Crippen LogP contribution in [0.15, 0.2) is 47.3 Å². The number of urea groups is 1. The van der Waals surface area contributed by atoms with E-state index in [4.69, 9.17) is 40.5 Å². The molecule has 1 aromatic heterocycles. The molecule has 3 amide bonds. The number of benzene rings is 2. The molecule has 2 aromatic carbocycles. The lowest BCUT2D eigenvalue weighted by Gasteiger charge is -2.20. The van der Waals surface area contributed by atoms with Crippen molar-refractivity contribution in [2.45, 2.75) is 31.7 Å². The van der Waals surface area contributed by atoms with E-state index in [0.29, 0.717) is 16.1 Å². The second kappa shape index (κ2) is 11.9. The average Bonchev–Trinajstić information content (AvgIpc) is 3.12. The third-order valence-corrected chi connectivity index (χ3v) is 6.20. The number of primary amides is 1. The minimum atomic E-state index is -4.51. The van der Waals surface area contributed by atoms with Crippen LogP contribution in [-0.4, -0.2) is 39.0 Å². The van der Waals surface area contributed by atoms with Gasteiger partial charge in [0, 0.05) is 23.7 Å². The van der Waals surface area contributed by atoms with E-state index in [1.807, 2.05) is 0 Å². The van der Waals surface area contributed by atoms with Crippen LogP contribution in [0.25, 0.3) is 11.4 Å². The molecule has 0 bridgehead atoms. The van der Waals surface area contributed by atoms with Gasteiger partial charge in [0.2, 0.25) is 5.91 Å². The maximum absolute atomic E-state index is 12.9. The van der Waals surface area contributed by atoms with Gasteiger partial charge in [0.05, 0.1) is 22.5 Å². The fraction of sp³-hybridized carbons (Fsp3) is 0.273. The van der Waals surface area contributed by atoms with Crippen LogP contribution < -0.4 is 22.1 Å². The zero-order valence-electron chi connectivity index (χ0n) is 18.9. The van der Waals surface area contributed by atoms with Crippen LogP contribution in [-0.2, 0) is 17.9 Å². The van der Waals surface area contributed by atoms with Crippen LogP contribution in [0.2, 0.25) is 15.1 Å².